The van der Waals surface area contributed by atoms with Gasteiger partial charge in [-0.25, -0.2) is 4.79 Å². The summed E-state index contributed by atoms with van der Waals surface area (Å²) in [6.07, 6.45) is 5.81. The van der Waals surface area contributed by atoms with Crippen LogP contribution >= 0.6 is 15.9 Å². The van der Waals surface area contributed by atoms with Crippen LogP contribution in [0.2, 0.25) is 0 Å². The van der Waals surface area contributed by atoms with E-state index in [1.165, 1.54) is 19.3 Å². The van der Waals surface area contributed by atoms with Crippen LogP contribution in [-0.2, 0) is 0 Å². The highest BCUT2D eigenvalue weighted by Gasteiger charge is 2.28. The van der Waals surface area contributed by atoms with Crippen molar-refractivity contribution in [2.75, 3.05) is 26.2 Å². The smallest absolute Gasteiger partial charge is 0.317 e. The van der Waals surface area contributed by atoms with Crippen LogP contribution in [0.25, 0.3) is 11.0 Å². The summed E-state index contributed by atoms with van der Waals surface area (Å²) < 4.78 is 6.59. The van der Waals surface area contributed by atoms with Gasteiger partial charge in [-0.05, 0) is 40.9 Å². The lowest BCUT2D eigenvalue weighted by Gasteiger charge is -2.35. The standard InChI is InChI=1S/C20H24BrN3O3/c21-16-8-4-5-14-13-17(27-18(14)16)19(25)23-9-11-24(12-10-23)20(26)22-15-6-2-1-3-7-15/h4-5,8,13,15H,1-3,6-7,9-12H2,(H,22,26). The average molecular weight is 434 g/mol. The maximum atomic E-state index is 12.8. The Balaban J connectivity index is 1.34. The summed E-state index contributed by atoms with van der Waals surface area (Å²) >= 11 is 3.45. The van der Waals surface area contributed by atoms with Crippen molar-refractivity contribution in [3.05, 3.63) is 34.5 Å². The van der Waals surface area contributed by atoms with Crippen LogP contribution in [0.4, 0.5) is 4.79 Å². The number of urea groups is 1. The molecule has 0 spiro atoms. The Morgan fingerprint density at radius 2 is 1.74 bits per heavy atom. The van der Waals surface area contributed by atoms with Gasteiger partial charge in [-0.1, -0.05) is 31.4 Å². The minimum atomic E-state index is -0.120. The number of hydrogen-bond acceptors (Lipinski definition) is 3. The van der Waals surface area contributed by atoms with Crippen LogP contribution in [0, 0.1) is 0 Å². The molecule has 6 nitrogen and oxygen atoms in total. The fourth-order valence-corrected chi connectivity index (χ4v) is 4.38. The van der Waals surface area contributed by atoms with Crippen LogP contribution in [0.5, 0.6) is 0 Å². The van der Waals surface area contributed by atoms with Crippen molar-refractivity contribution < 1.29 is 14.0 Å². The van der Waals surface area contributed by atoms with Gasteiger partial charge in [-0.15, -0.1) is 0 Å². The normalized spacial score (nSPS) is 18.7. The number of piperazine rings is 1. The van der Waals surface area contributed by atoms with E-state index >= 15 is 0 Å². The molecular formula is C20H24BrN3O3. The monoisotopic (exact) mass is 433 g/mol. The largest absolute Gasteiger partial charge is 0.450 e. The first-order valence-electron chi connectivity index (χ1n) is 9.64. The predicted octanol–water partition coefficient (Wildman–Crippen LogP) is 4.00. The van der Waals surface area contributed by atoms with Gasteiger partial charge in [0.1, 0.15) is 5.58 Å². The van der Waals surface area contributed by atoms with E-state index in [2.05, 4.69) is 21.2 Å². The molecule has 144 valence electrons. The third-order valence-corrected chi connectivity index (χ3v) is 6.12. The lowest BCUT2D eigenvalue weighted by atomic mass is 9.96. The number of carbonyl (C=O) groups excluding carboxylic acids is 2. The quantitative estimate of drug-likeness (QED) is 0.778. The Bertz CT molecular complexity index is 836. The SMILES string of the molecule is O=C(NC1CCCCC1)N1CCN(C(=O)c2cc3cccc(Br)c3o2)CC1. The maximum Gasteiger partial charge on any atom is 0.317 e. The number of halogens is 1. The van der Waals surface area contributed by atoms with E-state index in [1.54, 1.807) is 11.0 Å². The maximum absolute atomic E-state index is 12.8. The first-order chi connectivity index (χ1) is 13.1. The zero-order valence-corrected chi connectivity index (χ0v) is 16.8. The molecule has 1 aliphatic carbocycles. The van der Waals surface area contributed by atoms with Gasteiger partial charge in [-0.3, -0.25) is 4.79 Å². The van der Waals surface area contributed by atoms with Gasteiger partial charge in [0.15, 0.2) is 5.76 Å². The number of rotatable bonds is 2. The van der Waals surface area contributed by atoms with Gasteiger partial charge in [0.2, 0.25) is 0 Å². The van der Waals surface area contributed by atoms with E-state index in [1.807, 2.05) is 23.1 Å². The zero-order valence-electron chi connectivity index (χ0n) is 15.2. The second kappa shape index (κ2) is 7.92. The third-order valence-electron chi connectivity index (χ3n) is 5.49. The van der Waals surface area contributed by atoms with Gasteiger partial charge >= 0.3 is 6.03 Å². The third kappa shape index (κ3) is 3.98. The molecule has 2 fully saturated rings. The van der Waals surface area contributed by atoms with Crippen molar-refractivity contribution in [3.63, 3.8) is 0 Å². The Kier molecular flexibility index (Phi) is 5.38. The fraction of sp³-hybridized carbons (Fsp3) is 0.500. The molecule has 0 radical (unpaired) electrons. The van der Waals surface area contributed by atoms with Crippen LogP contribution < -0.4 is 5.32 Å². The number of carbonyl (C=O) groups is 2. The van der Waals surface area contributed by atoms with Gasteiger partial charge < -0.3 is 19.5 Å². The second-order valence-corrected chi connectivity index (χ2v) is 8.19. The molecule has 1 saturated carbocycles. The van der Waals surface area contributed by atoms with Crippen molar-refractivity contribution in [3.8, 4) is 0 Å². The highest BCUT2D eigenvalue weighted by molar-refractivity contribution is 9.10. The van der Waals surface area contributed by atoms with Crippen molar-refractivity contribution in [2.24, 2.45) is 0 Å². The topological polar surface area (TPSA) is 65.8 Å². The van der Waals surface area contributed by atoms with Gasteiger partial charge in [0, 0.05) is 37.6 Å². The van der Waals surface area contributed by atoms with Crippen LogP contribution in [-0.4, -0.2) is 54.0 Å². The number of benzene rings is 1. The van der Waals surface area contributed by atoms with Crippen LogP contribution in [0.15, 0.2) is 33.2 Å². The van der Waals surface area contributed by atoms with Gasteiger partial charge in [-0.2, -0.15) is 0 Å². The molecule has 0 unspecified atom stereocenters. The number of para-hydroxylation sites is 1. The van der Waals surface area contributed by atoms with Gasteiger partial charge in [0.25, 0.3) is 5.91 Å². The Morgan fingerprint density at radius 3 is 2.44 bits per heavy atom. The van der Waals surface area contributed by atoms with Crippen molar-refractivity contribution in [1.29, 1.82) is 0 Å². The molecule has 4 rings (SSSR count). The van der Waals surface area contributed by atoms with E-state index in [4.69, 9.17) is 4.42 Å². The van der Waals surface area contributed by atoms with E-state index in [-0.39, 0.29) is 11.9 Å². The number of hydrogen-bond donors (Lipinski definition) is 1. The van der Waals surface area contributed by atoms with E-state index in [0.717, 1.165) is 22.7 Å². The molecule has 1 aliphatic heterocycles. The second-order valence-electron chi connectivity index (χ2n) is 7.33. The van der Waals surface area contributed by atoms with E-state index in [9.17, 15) is 9.59 Å². The predicted molar refractivity (Wildman–Crippen MR) is 107 cm³/mol. The Hall–Kier alpha value is -2.02. The number of furan rings is 1. The highest BCUT2D eigenvalue weighted by Crippen LogP contribution is 2.27. The van der Waals surface area contributed by atoms with Crippen LogP contribution in [0.1, 0.15) is 42.7 Å². The van der Waals surface area contributed by atoms with E-state index in [0.29, 0.717) is 43.6 Å². The molecule has 1 N–H and O–H groups in total. The number of amides is 3. The van der Waals surface area contributed by atoms with Crippen molar-refractivity contribution in [1.82, 2.24) is 15.1 Å². The Morgan fingerprint density at radius 1 is 1.04 bits per heavy atom. The fourth-order valence-electron chi connectivity index (χ4n) is 3.91. The molecule has 0 bridgehead atoms. The highest BCUT2D eigenvalue weighted by atomic mass is 79.9. The average Bonchev–Trinajstić information content (AvgIpc) is 3.14. The lowest BCUT2D eigenvalue weighted by Crippen LogP contribution is -2.54. The minimum Gasteiger partial charge on any atom is -0.450 e. The molecule has 7 heteroatoms. The summed E-state index contributed by atoms with van der Waals surface area (Å²) in [5.41, 5.74) is 0.686. The zero-order chi connectivity index (χ0) is 18.8. The molecule has 27 heavy (non-hydrogen) atoms. The number of nitrogens with zero attached hydrogens (tertiary/aromatic N) is 2. The van der Waals surface area contributed by atoms with Gasteiger partial charge in [0.05, 0.1) is 4.47 Å². The molecular weight excluding hydrogens is 410 g/mol. The summed E-state index contributed by atoms with van der Waals surface area (Å²) in [5, 5.41) is 4.05. The first kappa shape index (κ1) is 18.3. The summed E-state index contributed by atoms with van der Waals surface area (Å²) in [4.78, 5) is 28.8. The molecule has 2 aromatic rings. The summed E-state index contributed by atoms with van der Waals surface area (Å²) in [6.45, 7) is 2.15. The lowest BCUT2D eigenvalue weighted by molar-refractivity contribution is 0.0634. The summed E-state index contributed by atoms with van der Waals surface area (Å²) in [6, 6.07) is 7.82. The molecule has 1 saturated heterocycles. The minimum absolute atomic E-state index is 0.00154. The molecule has 1 aromatic heterocycles. The van der Waals surface area contributed by atoms with Crippen molar-refractivity contribution >= 4 is 38.8 Å². The molecule has 2 heterocycles. The number of nitrogens with one attached hydrogen (secondary N) is 1. The molecule has 0 atom stereocenters. The summed E-state index contributed by atoms with van der Waals surface area (Å²) in [7, 11) is 0. The van der Waals surface area contributed by atoms with E-state index < -0.39 is 0 Å². The van der Waals surface area contributed by atoms with Crippen LogP contribution in [0.3, 0.4) is 0 Å². The molecule has 2 aliphatic rings. The molecule has 1 aromatic carbocycles. The first-order valence-corrected chi connectivity index (χ1v) is 10.4. The molecule has 3 amide bonds. The van der Waals surface area contributed by atoms with Crippen molar-refractivity contribution in [2.45, 2.75) is 38.1 Å². The number of fused-ring (bicyclic) bond motifs is 1. The summed E-state index contributed by atoms with van der Waals surface area (Å²) in [5.74, 6) is 0.224. The Labute approximate surface area is 167 Å².